The second-order valence-electron chi connectivity index (χ2n) is 3.20. The normalized spacial score (nSPS) is 17.1. The molecule has 0 radical (unpaired) electrons. The van der Waals surface area contributed by atoms with Crippen LogP contribution < -0.4 is 0 Å². The van der Waals surface area contributed by atoms with E-state index >= 15 is 0 Å². The minimum Gasteiger partial charge on any atom is -0.304 e. The monoisotopic (exact) mass is 180 g/mol. The topological polar surface area (TPSA) is 40.6 Å². The summed E-state index contributed by atoms with van der Waals surface area (Å²) in [6, 6.07) is -0.374. The van der Waals surface area contributed by atoms with Crippen LogP contribution >= 0.6 is 0 Å². The van der Waals surface area contributed by atoms with E-state index in [1.165, 1.54) is 9.80 Å². The van der Waals surface area contributed by atoms with Gasteiger partial charge in [0.05, 0.1) is 6.54 Å². The molecular formula is C9H12N2O2. The molecule has 1 heterocycles. The summed E-state index contributed by atoms with van der Waals surface area (Å²) in [5, 5.41) is 0. The summed E-state index contributed by atoms with van der Waals surface area (Å²) >= 11 is 0. The van der Waals surface area contributed by atoms with E-state index in [0.717, 1.165) is 0 Å². The minimum absolute atomic E-state index is 0.0947. The van der Waals surface area contributed by atoms with Crippen LogP contribution in [0.1, 0.15) is 13.8 Å². The predicted octanol–water partition coefficient (Wildman–Crippen LogP) is 0.292. The van der Waals surface area contributed by atoms with E-state index in [1.54, 1.807) is 13.8 Å². The molecule has 0 N–H and O–H groups in total. The lowest BCUT2D eigenvalue weighted by atomic mass is 10.3. The minimum atomic E-state index is -0.280. The first kappa shape index (κ1) is 9.59. The molecule has 0 aliphatic carbocycles. The van der Waals surface area contributed by atoms with Gasteiger partial charge in [-0.1, -0.05) is 5.92 Å². The molecule has 0 aromatic carbocycles. The highest BCUT2D eigenvalue weighted by molar-refractivity contribution is 6.02. The van der Waals surface area contributed by atoms with Crippen LogP contribution in [0.15, 0.2) is 0 Å². The van der Waals surface area contributed by atoms with Crippen LogP contribution in [0.5, 0.6) is 0 Å². The predicted molar refractivity (Wildman–Crippen MR) is 47.8 cm³/mol. The van der Waals surface area contributed by atoms with Gasteiger partial charge in [0.2, 0.25) is 0 Å². The lowest BCUT2D eigenvalue weighted by Gasteiger charge is -2.18. The van der Waals surface area contributed by atoms with Gasteiger partial charge in [0, 0.05) is 6.04 Å². The van der Waals surface area contributed by atoms with Crippen molar-refractivity contribution in [1.82, 2.24) is 9.80 Å². The van der Waals surface area contributed by atoms with Crippen LogP contribution in [-0.4, -0.2) is 40.9 Å². The fourth-order valence-corrected chi connectivity index (χ4v) is 1.31. The molecule has 0 aromatic rings. The van der Waals surface area contributed by atoms with Crippen LogP contribution in [0, 0.1) is 12.3 Å². The number of hydrogen-bond acceptors (Lipinski definition) is 2. The zero-order chi connectivity index (χ0) is 10.0. The number of urea groups is 1. The highest BCUT2D eigenvalue weighted by Gasteiger charge is 2.36. The van der Waals surface area contributed by atoms with Gasteiger partial charge in [0.15, 0.2) is 0 Å². The summed E-state index contributed by atoms with van der Waals surface area (Å²) in [7, 11) is 0. The quantitative estimate of drug-likeness (QED) is 0.452. The van der Waals surface area contributed by atoms with Gasteiger partial charge in [0.25, 0.3) is 5.91 Å². The smallest absolute Gasteiger partial charge is 0.304 e. The molecule has 13 heavy (non-hydrogen) atoms. The molecule has 0 aromatic heterocycles. The maximum Gasteiger partial charge on any atom is 0.328 e. The van der Waals surface area contributed by atoms with Crippen molar-refractivity contribution in [2.24, 2.45) is 0 Å². The van der Waals surface area contributed by atoms with Crippen molar-refractivity contribution < 1.29 is 9.59 Å². The third-order valence-electron chi connectivity index (χ3n) is 1.87. The Balaban J connectivity index is 2.77. The van der Waals surface area contributed by atoms with E-state index in [-0.39, 0.29) is 31.1 Å². The van der Waals surface area contributed by atoms with Gasteiger partial charge in [0.1, 0.15) is 6.54 Å². The molecule has 0 saturated carbocycles. The standard InChI is InChI=1S/C9H12N2O2/c1-4-5-10-6-8(12)11(7(2)3)9(10)13/h1,7H,5-6H2,2-3H3. The van der Waals surface area contributed by atoms with Crippen LogP contribution in [0.4, 0.5) is 4.79 Å². The SMILES string of the molecule is C#CCN1CC(=O)N(C(C)C)C1=O. The van der Waals surface area contributed by atoms with Crippen molar-refractivity contribution in [2.45, 2.75) is 19.9 Å². The molecule has 4 nitrogen and oxygen atoms in total. The molecule has 1 fully saturated rings. The summed E-state index contributed by atoms with van der Waals surface area (Å²) in [5.41, 5.74) is 0. The Morgan fingerprint density at radius 2 is 2.15 bits per heavy atom. The summed E-state index contributed by atoms with van der Waals surface area (Å²) < 4.78 is 0. The zero-order valence-electron chi connectivity index (χ0n) is 7.78. The van der Waals surface area contributed by atoms with Crippen molar-refractivity contribution in [3.05, 3.63) is 0 Å². The Kier molecular flexibility index (Phi) is 2.57. The molecule has 4 heteroatoms. The Morgan fingerprint density at radius 3 is 2.54 bits per heavy atom. The van der Waals surface area contributed by atoms with Gasteiger partial charge in [-0.05, 0) is 13.8 Å². The summed E-state index contributed by atoms with van der Waals surface area (Å²) in [6.45, 7) is 3.92. The van der Waals surface area contributed by atoms with Crippen LogP contribution in [0.2, 0.25) is 0 Å². The van der Waals surface area contributed by atoms with E-state index in [9.17, 15) is 9.59 Å². The molecule has 3 amide bonds. The number of carbonyl (C=O) groups excluding carboxylic acids is 2. The van der Waals surface area contributed by atoms with E-state index in [1.807, 2.05) is 0 Å². The molecule has 0 spiro atoms. The highest BCUT2D eigenvalue weighted by Crippen LogP contribution is 2.12. The summed E-state index contributed by atoms with van der Waals surface area (Å²) in [6.07, 6.45) is 5.06. The second-order valence-corrected chi connectivity index (χ2v) is 3.20. The molecule has 0 unspecified atom stereocenters. The number of carbonyl (C=O) groups is 2. The van der Waals surface area contributed by atoms with E-state index in [2.05, 4.69) is 5.92 Å². The third-order valence-corrected chi connectivity index (χ3v) is 1.87. The number of terminal acetylenes is 1. The van der Waals surface area contributed by atoms with E-state index in [0.29, 0.717) is 0 Å². The van der Waals surface area contributed by atoms with Gasteiger partial charge < -0.3 is 4.90 Å². The molecule has 0 atom stereocenters. The molecule has 0 bridgehead atoms. The number of amides is 3. The summed E-state index contributed by atoms with van der Waals surface area (Å²) in [5.74, 6) is 2.18. The largest absolute Gasteiger partial charge is 0.328 e. The Labute approximate surface area is 77.5 Å². The van der Waals surface area contributed by atoms with Crippen molar-refractivity contribution >= 4 is 11.9 Å². The average Bonchev–Trinajstić information content (AvgIpc) is 2.28. The highest BCUT2D eigenvalue weighted by atomic mass is 16.2. The van der Waals surface area contributed by atoms with Crippen molar-refractivity contribution in [1.29, 1.82) is 0 Å². The molecule has 1 aliphatic rings. The lowest BCUT2D eigenvalue weighted by molar-refractivity contribution is -0.126. The van der Waals surface area contributed by atoms with Gasteiger partial charge in [-0.25, -0.2) is 4.79 Å². The van der Waals surface area contributed by atoms with Gasteiger partial charge in [-0.15, -0.1) is 6.42 Å². The van der Waals surface area contributed by atoms with Crippen molar-refractivity contribution in [3.63, 3.8) is 0 Å². The Hall–Kier alpha value is -1.50. The maximum absolute atomic E-state index is 11.5. The van der Waals surface area contributed by atoms with Crippen LogP contribution in [-0.2, 0) is 4.79 Å². The van der Waals surface area contributed by atoms with Gasteiger partial charge >= 0.3 is 6.03 Å². The van der Waals surface area contributed by atoms with Crippen molar-refractivity contribution in [3.8, 4) is 12.3 Å². The maximum atomic E-state index is 11.5. The molecule has 1 saturated heterocycles. The van der Waals surface area contributed by atoms with E-state index < -0.39 is 0 Å². The molecule has 1 aliphatic heterocycles. The fourth-order valence-electron chi connectivity index (χ4n) is 1.31. The van der Waals surface area contributed by atoms with Crippen LogP contribution in [0.3, 0.4) is 0 Å². The number of rotatable bonds is 2. The zero-order valence-corrected chi connectivity index (χ0v) is 7.78. The first-order valence-corrected chi connectivity index (χ1v) is 4.12. The first-order valence-electron chi connectivity index (χ1n) is 4.12. The molecule has 1 rings (SSSR count). The van der Waals surface area contributed by atoms with Gasteiger partial charge in [-0.2, -0.15) is 0 Å². The second kappa shape index (κ2) is 3.48. The Morgan fingerprint density at radius 1 is 1.54 bits per heavy atom. The fraction of sp³-hybridized carbons (Fsp3) is 0.556. The number of imide groups is 1. The summed E-state index contributed by atoms with van der Waals surface area (Å²) in [4.78, 5) is 25.4. The molecule has 70 valence electrons. The van der Waals surface area contributed by atoms with Crippen molar-refractivity contribution in [2.75, 3.05) is 13.1 Å². The average molecular weight is 180 g/mol. The van der Waals surface area contributed by atoms with E-state index in [4.69, 9.17) is 6.42 Å². The first-order chi connectivity index (χ1) is 6.07. The number of hydrogen-bond donors (Lipinski definition) is 0. The third kappa shape index (κ3) is 1.64. The lowest BCUT2D eigenvalue weighted by Crippen LogP contribution is -2.38. The van der Waals surface area contributed by atoms with Gasteiger partial charge in [-0.3, -0.25) is 9.69 Å². The van der Waals surface area contributed by atoms with Crippen LogP contribution in [0.25, 0.3) is 0 Å². The number of nitrogens with zero attached hydrogens (tertiary/aromatic N) is 2. The molecular weight excluding hydrogens is 168 g/mol. The Bertz CT molecular complexity index is 278.